The lowest BCUT2D eigenvalue weighted by atomic mass is 9.85. The highest BCUT2D eigenvalue weighted by atomic mass is 35.5. The first-order valence-electron chi connectivity index (χ1n) is 7.26. The zero-order valence-electron chi connectivity index (χ0n) is 13.2. The highest BCUT2D eigenvalue weighted by Gasteiger charge is 2.38. The van der Waals surface area contributed by atoms with E-state index in [4.69, 9.17) is 16.0 Å². The van der Waals surface area contributed by atoms with E-state index in [1.165, 1.54) is 0 Å². The van der Waals surface area contributed by atoms with Crippen LogP contribution in [0.2, 0.25) is 0 Å². The molecule has 4 nitrogen and oxygen atoms in total. The molecule has 1 aromatic carbocycles. The lowest BCUT2D eigenvalue weighted by molar-refractivity contribution is 0.0814. The molecule has 1 unspecified atom stereocenters. The predicted octanol–water partition coefficient (Wildman–Crippen LogP) is 4.06. The molecule has 0 radical (unpaired) electrons. The molecule has 3 rings (SSSR count). The Morgan fingerprint density at radius 3 is 2.17 bits per heavy atom. The number of ketones is 3. The van der Waals surface area contributed by atoms with E-state index in [1.807, 2.05) is 19.9 Å². The van der Waals surface area contributed by atoms with E-state index in [2.05, 4.69) is 0 Å². The van der Waals surface area contributed by atoms with Crippen LogP contribution in [-0.2, 0) is 0 Å². The average molecular weight is 331 g/mol. The summed E-state index contributed by atoms with van der Waals surface area (Å²) in [5.41, 5.74) is 3.31. The van der Waals surface area contributed by atoms with Crippen LogP contribution < -0.4 is 0 Å². The zero-order chi connectivity index (χ0) is 17.0. The van der Waals surface area contributed by atoms with Crippen LogP contribution in [0.1, 0.15) is 54.9 Å². The normalized spacial score (nSPS) is 14.5. The minimum atomic E-state index is -0.772. The number of rotatable bonds is 2. The molecule has 118 valence electrons. The summed E-state index contributed by atoms with van der Waals surface area (Å²) in [7, 11) is 0. The molecule has 1 aliphatic carbocycles. The number of carbonyl (C=O) groups is 3. The van der Waals surface area contributed by atoms with E-state index in [-0.39, 0.29) is 17.1 Å². The van der Waals surface area contributed by atoms with Gasteiger partial charge in [-0.2, -0.15) is 0 Å². The monoisotopic (exact) mass is 330 g/mol. The van der Waals surface area contributed by atoms with Gasteiger partial charge < -0.3 is 4.42 Å². The molecule has 1 atom stereocenters. The molecule has 2 aromatic rings. The third-order valence-electron chi connectivity index (χ3n) is 4.29. The van der Waals surface area contributed by atoms with Crippen molar-refractivity contribution in [2.24, 2.45) is 0 Å². The van der Waals surface area contributed by atoms with Gasteiger partial charge in [0, 0.05) is 16.7 Å². The summed E-state index contributed by atoms with van der Waals surface area (Å²) < 4.78 is 5.69. The number of alkyl halides is 1. The third-order valence-corrected chi connectivity index (χ3v) is 4.49. The molecule has 0 fully saturated rings. The molecule has 1 aliphatic rings. The Bertz CT molecular complexity index is 887. The Labute approximate surface area is 138 Å². The maximum absolute atomic E-state index is 12.4. The molecule has 0 amide bonds. The second-order valence-corrected chi connectivity index (χ2v) is 6.54. The van der Waals surface area contributed by atoms with E-state index in [0.29, 0.717) is 16.7 Å². The number of furan rings is 1. The van der Waals surface area contributed by atoms with E-state index >= 15 is 0 Å². The lowest BCUT2D eigenvalue weighted by Gasteiger charge is -2.15. The lowest BCUT2D eigenvalue weighted by Crippen LogP contribution is -2.21. The second-order valence-electron chi connectivity index (χ2n) is 5.88. The Hall–Kier alpha value is -2.20. The maximum atomic E-state index is 12.4. The number of hydrogen-bond acceptors (Lipinski definition) is 4. The van der Waals surface area contributed by atoms with Crippen LogP contribution in [0.25, 0.3) is 11.3 Å². The van der Waals surface area contributed by atoms with Crippen molar-refractivity contribution >= 4 is 29.0 Å². The molecule has 1 aromatic heterocycles. The first kappa shape index (κ1) is 15.7. The van der Waals surface area contributed by atoms with E-state index < -0.39 is 22.7 Å². The highest BCUT2D eigenvalue weighted by molar-refractivity contribution is 6.53. The fourth-order valence-electron chi connectivity index (χ4n) is 2.82. The zero-order valence-corrected chi connectivity index (χ0v) is 14.0. The van der Waals surface area contributed by atoms with Gasteiger partial charge in [-0.1, -0.05) is 0 Å². The van der Waals surface area contributed by atoms with Crippen LogP contribution in [0.4, 0.5) is 0 Å². The van der Waals surface area contributed by atoms with Crippen LogP contribution >= 0.6 is 11.6 Å². The van der Waals surface area contributed by atoms with Crippen molar-refractivity contribution in [1.82, 2.24) is 0 Å². The van der Waals surface area contributed by atoms with Crippen LogP contribution in [0.15, 0.2) is 16.5 Å². The number of carbonyl (C=O) groups excluding carboxylic acids is 3. The van der Waals surface area contributed by atoms with E-state index in [0.717, 1.165) is 11.1 Å². The summed E-state index contributed by atoms with van der Waals surface area (Å²) in [6.07, 6.45) is 0. The van der Waals surface area contributed by atoms with Crippen molar-refractivity contribution in [3.63, 3.8) is 0 Å². The van der Waals surface area contributed by atoms with Crippen molar-refractivity contribution in [2.75, 3.05) is 0 Å². The molecule has 5 heteroatoms. The van der Waals surface area contributed by atoms with Crippen LogP contribution in [0.5, 0.6) is 0 Å². The van der Waals surface area contributed by atoms with Crippen LogP contribution in [0, 0.1) is 20.8 Å². The molecule has 0 bridgehead atoms. The molecule has 0 saturated heterocycles. The first-order chi connectivity index (χ1) is 10.7. The van der Waals surface area contributed by atoms with Gasteiger partial charge in [0.15, 0.2) is 5.76 Å². The number of aryl methyl sites for hydroxylation is 2. The maximum Gasteiger partial charge on any atom is 0.237 e. The van der Waals surface area contributed by atoms with Gasteiger partial charge in [-0.3, -0.25) is 14.4 Å². The number of fused-ring (bicyclic) bond motifs is 3. The Balaban J connectivity index is 2.34. The van der Waals surface area contributed by atoms with Crippen molar-refractivity contribution in [3.05, 3.63) is 45.7 Å². The molecule has 1 heterocycles. The smallest absolute Gasteiger partial charge is 0.237 e. The van der Waals surface area contributed by atoms with Crippen molar-refractivity contribution < 1.29 is 18.8 Å². The Morgan fingerprint density at radius 2 is 1.61 bits per heavy atom. The van der Waals surface area contributed by atoms with Gasteiger partial charge in [-0.25, -0.2) is 0 Å². The number of halogens is 1. The molecular formula is C18H15ClO4. The molecule has 0 N–H and O–H groups in total. The standard InChI is InChI=1S/C18H15ClO4/c1-7-5-11-12(6-8(7)2)18-13(16(22)15(11)21)9(3)17(23-18)14(20)10(4)19/h5-6,10H,1-4H3. The van der Waals surface area contributed by atoms with Gasteiger partial charge in [0.1, 0.15) is 5.76 Å². The van der Waals surface area contributed by atoms with E-state index in [9.17, 15) is 14.4 Å². The molecule has 0 spiro atoms. The summed E-state index contributed by atoms with van der Waals surface area (Å²) in [6.45, 7) is 6.94. The van der Waals surface area contributed by atoms with Crippen molar-refractivity contribution in [3.8, 4) is 11.3 Å². The van der Waals surface area contributed by atoms with Gasteiger partial charge in [-0.15, -0.1) is 11.6 Å². The SMILES string of the molecule is Cc1cc2c(cc1C)-c1oc(C(=O)C(C)Cl)c(C)c1C(=O)C2=O. The summed E-state index contributed by atoms with van der Waals surface area (Å²) >= 11 is 5.85. The quantitative estimate of drug-likeness (QED) is 0.473. The summed E-state index contributed by atoms with van der Waals surface area (Å²) in [5, 5.41) is -0.772. The van der Waals surface area contributed by atoms with Crippen LogP contribution in [0.3, 0.4) is 0 Å². The van der Waals surface area contributed by atoms with E-state index in [1.54, 1.807) is 19.9 Å². The van der Waals surface area contributed by atoms with Crippen LogP contribution in [-0.4, -0.2) is 22.7 Å². The fourth-order valence-corrected chi connectivity index (χ4v) is 2.92. The Morgan fingerprint density at radius 1 is 1.04 bits per heavy atom. The predicted molar refractivity (Wildman–Crippen MR) is 86.7 cm³/mol. The number of benzene rings is 1. The minimum Gasteiger partial charge on any atom is -0.452 e. The number of Topliss-reactive ketones (excluding diaryl/α,β-unsaturated/α-hetero) is 3. The van der Waals surface area contributed by atoms with Gasteiger partial charge >= 0.3 is 0 Å². The van der Waals surface area contributed by atoms with Crippen molar-refractivity contribution in [2.45, 2.75) is 33.1 Å². The molecule has 0 aliphatic heterocycles. The van der Waals surface area contributed by atoms with Gasteiger partial charge in [-0.05, 0) is 51.0 Å². The molecule has 23 heavy (non-hydrogen) atoms. The average Bonchev–Trinajstić information content (AvgIpc) is 2.83. The molecular weight excluding hydrogens is 316 g/mol. The van der Waals surface area contributed by atoms with Crippen molar-refractivity contribution in [1.29, 1.82) is 0 Å². The topological polar surface area (TPSA) is 64.3 Å². The van der Waals surface area contributed by atoms with Gasteiger partial charge in [0.05, 0.1) is 10.9 Å². The summed E-state index contributed by atoms with van der Waals surface area (Å²) in [5.74, 6) is -1.28. The first-order valence-corrected chi connectivity index (χ1v) is 7.70. The Kier molecular flexibility index (Phi) is 3.52. The second kappa shape index (κ2) is 5.17. The largest absolute Gasteiger partial charge is 0.452 e. The number of hydrogen-bond donors (Lipinski definition) is 0. The fraction of sp³-hybridized carbons (Fsp3) is 0.278. The third kappa shape index (κ3) is 2.17. The summed E-state index contributed by atoms with van der Waals surface area (Å²) in [6, 6.07) is 3.51. The summed E-state index contributed by atoms with van der Waals surface area (Å²) in [4.78, 5) is 37.0. The van der Waals surface area contributed by atoms with Gasteiger partial charge in [0.2, 0.25) is 17.3 Å². The van der Waals surface area contributed by atoms with Gasteiger partial charge in [0.25, 0.3) is 0 Å². The minimum absolute atomic E-state index is 0.0460. The molecule has 0 saturated carbocycles. The highest BCUT2D eigenvalue weighted by Crippen LogP contribution is 2.40.